The van der Waals surface area contributed by atoms with Crippen molar-refractivity contribution < 1.29 is 23.9 Å². The Morgan fingerprint density at radius 1 is 0.964 bits per heavy atom. The van der Waals surface area contributed by atoms with Crippen LogP contribution in [-0.2, 0) is 25.7 Å². The molecule has 1 saturated carbocycles. The van der Waals surface area contributed by atoms with E-state index in [1.54, 1.807) is 40.9 Å². The summed E-state index contributed by atoms with van der Waals surface area (Å²) in [7, 11) is 1.63. The summed E-state index contributed by atoms with van der Waals surface area (Å²) in [4.78, 5) is 37.9. The van der Waals surface area contributed by atoms with Crippen LogP contribution in [0.5, 0.6) is 5.75 Å². The number of carbonyl (C=O) groups is 3. The Labute approximate surface area is 167 Å². The van der Waals surface area contributed by atoms with Gasteiger partial charge in [-0.2, -0.15) is 0 Å². The normalized spacial score (nSPS) is 19.5. The highest BCUT2D eigenvalue weighted by molar-refractivity contribution is 6.38. The molecule has 0 aromatic heterocycles. The molecule has 152 valence electrons. The molecule has 0 heterocycles. The molecule has 5 heteroatoms. The van der Waals surface area contributed by atoms with Gasteiger partial charge in [0.1, 0.15) is 5.75 Å². The first kappa shape index (κ1) is 22.0. The van der Waals surface area contributed by atoms with E-state index in [0.717, 1.165) is 11.3 Å². The number of ketones is 3. The highest BCUT2D eigenvalue weighted by Crippen LogP contribution is 2.41. The van der Waals surface area contributed by atoms with Crippen LogP contribution in [0.3, 0.4) is 0 Å². The number of benzene rings is 1. The lowest BCUT2D eigenvalue weighted by Gasteiger charge is -2.37. The topological polar surface area (TPSA) is 69.7 Å². The predicted molar refractivity (Wildman–Crippen MR) is 107 cm³/mol. The van der Waals surface area contributed by atoms with Crippen LogP contribution in [0.4, 0.5) is 0 Å². The van der Waals surface area contributed by atoms with E-state index in [4.69, 9.17) is 9.47 Å². The van der Waals surface area contributed by atoms with Gasteiger partial charge in [-0.1, -0.05) is 25.1 Å². The van der Waals surface area contributed by atoms with Gasteiger partial charge in [0.25, 0.3) is 0 Å². The first-order valence-corrected chi connectivity index (χ1v) is 9.58. The van der Waals surface area contributed by atoms with Crippen molar-refractivity contribution >= 4 is 17.3 Å². The van der Waals surface area contributed by atoms with Gasteiger partial charge in [0.2, 0.25) is 0 Å². The average Bonchev–Trinajstić information content (AvgIpc) is 2.67. The molecule has 1 fully saturated rings. The summed E-state index contributed by atoms with van der Waals surface area (Å²) in [5.41, 5.74) is -1.15. The molecule has 1 aromatic carbocycles. The predicted octanol–water partition coefficient (Wildman–Crippen LogP) is 3.94. The van der Waals surface area contributed by atoms with Crippen LogP contribution in [-0.4, -0.2) is 31.1 Å². The second kappa shape index (κ2) is 8.39. The Kier molecular flexibility index (Phi) is 6.60. The molecule has 0 amide bonds. The van der Waals surface area contributed by atoms with E-state index < -0.39 is 10.8 Å². The van der Waals surface area contributed by atoms with Crippen LogP contribution in [0.2, 0.25) is 0 Å². The van der Waals surface area contributed by atoms with Crippen LogP contribution in [0.15, 0.2) is 35.9 Å². The van der Waals surface area contributed by atoms with Crippen LogP contribution in [0.1, 0.15) is 46.6 Å². The molecular weight excluding hydrogens is 356 g/mol. The Morgan fingerprint density at radius 2 is 1.50 bits per heavy atom. The number of Topliss-reactive ketones (excluding diaryl/α,β-unsaturated/α-hetero) is 3. The van der Waals surface area contributed by atoms with Crippen molar-refractivity contribution in [3.05, 3.63) is 41.5 Å². The molecule has 1 aromatic rings. The third kappa shape index (κ3) is 4.41. The highest BCUT2D eigenvalue weighted by atomic mass is 16.5. The van der Waals surface area contributed by atoms with Gasteiger partial charge in [-0.15, -0.1) is 0 Å². The van der Waals surface area contributed by atoms with E-state index in [2.05, 4.69) is 0 Å². The van der Waals surface area contributed by atoms with Gasteiger partial charge in [0.05, 0.1) is 30.1 Å². The van der Waals surface area contributed by atoms with Gasteiger partial charge < -0.3 is 9.47 Å². The summed E-state index contributed by atoms with van der Waals surface area (Å²) in [5, 5.41) is 0. The molecule has 1 aliphatic rings. The highest BCUT2D eigenvalue weighted by Gasteiger charge is 2.55. The van der Waals surface area contributed by atoms with Gasteiger partial charge in [-0.3, -0.25) is 14.4 Å². The van der Waals surface area contributed by atoms with Crippen molar-refractivity contribution in [2.75, 3.05) is 13.7 Å². The summed E-state index contributed by atoms with van der Waals surface area (Å²) in [5.74, 6) is -0.294. The number of methoxy groups -OCH3 is 1. The number of carbonyl (C=O) groups excluding carboxylic acids is 3. The molecule has 1 aliphatic carbocycles. The minimum Gasteiger partial charge on any atom is -0.497 e. The Hall–Kier alpha value is -2.27. The largest absolute Gasteiger partial charge is 0.497 e. The zero-order valence-electron chi connectivity index (χ0n) is 17.6. The third-order valence-corrected chi connectivity index (χ3v) is 5.36. The van der Waals surface area contributed by atoms with Gasteiger partial charge in [-0.25, -0.2) is 0 Å². The van der Waals surface area contributed by atoms with E-state index in [9.17, 15) is 14.4 Å². The third-order valence-electron chi connectivity index (χ3n) is 5.36. The molecule has 0 bridgehead atoms. The Bertz CT molecular complexity index is 752. The fourth-order valence-electron chi connectivity index (χ4n) is 3.46. The molecule has 0 saturated heterocycles. The lowest BCUT2D eigenvalue weighted by molar-refractivity contribution is -0.151. The molecule has 5 nitrogen and oxygen atoms in total. The van der Waals surface area contributed by atoms with Gasteiger partial charge in [0.15, 0.2) is 17.3 Å². The molecule has 1 atom stereocenters. The maximum atomic E-state index is 12.7. The number of ether oxygens (including phenoxy) is 2. The summed E-state index contributed by atoms with van der Waals surface area (Å²) >= 11 is 0. The van der Waals surface area contributed by atoms with Crippen molar-refractivity contribution in [3.8, 4) is 5.75 Å². The monoisotopic (exact) mass is 386 g/mol. The molecule has 1 unspecified atom stereocenters. The Morgan fingerprint density at radius 3 is 2.00 bits per heavy atom. The SMILES string of the molecule is COc1ccc(COCCC(C)C=C2C(=O)C(C)(C)C(=O)C(C)(C)C2=O)cc1. The van der Waals surface area contributed by atoms with Gasteiger partial charge in [0, 0.05) is 6.61 Å². The second-order valence-corrected chi connectivity index (χ2v) is 8.48. The number of rotatable bonds is 7. The average molecular weight is 386 g/mol. The number of hydrogen-bond acceptors (Lipinski definition) is 5. The van der Waals surface area contributed by atoms with Crippen molar-refractivity contribution in [3.63, 3.8) is 0 Å². The standard InChI is InChI=1S/C23H30O5/c1-15(11-12-28-14-16-7-9-17(27-6)10-8-16)13-18-19(24)22(2,3)21(26)23(4,5)20(18)25/h7-10,13,15H,11-12,14H2,1-6H3. The van der Waals surface area contributed by atoms with Crippen molar-refractivity contribution in [1.29, 1.82) is 0 Å². The molecule has 2 rings (SSSR count). The summed E-state index contributed by atoms with van der Waals surface area (Å²) in [6.45, 7) is 9.33. The van der Waals surface area contributed by atoms with Crippen molar-refractivity contribution in [2.24, 2.45) is 16.7 Å². The lowest BCUT2D eigenvalue weighted by Crippen LogP contribution is -2.53. The first-order chi connectivity index (χ1) is 13.0. The zero-order valence-corrected chi connectivity index (χ0v) is 17.6. The first-order valence-electron chi connectivity index (χ1n) is 9.58. The fourth-order valence-corrected chi connectivity index (χ4v) is 3.46. The van der Waals surface area contributed by atoms with Crippen LogP contribution in [0, 0.1) is 16.7 Å². The second-order valence-electron chi connectivity index (χ2n) is 8.48. The van der Waals surface area contributed by atoms with Gasteiger partial charge >= 0.3 is 0 Å². The van der Waals surface area contributed by atoms with E-state index in [1.807, 2.05) is 31.2 Å². The minimum absolute atomic E-state index is 0.0152. The molecule has 0 spiro atoms. The van der Waals surface area contributed by atoms with E-state index in [-0.39, 0.29) is 28.8 Å². The van der Waals surface area contributed by atoms with Crippen LogP contribution in [0.25, 0.3) is 0 Å². The molecule has 28 heavy (non-hydrogen) atoms. The van der Waals surface area contributed by atoms with E-state index in [0.29, 0.717) is 19.6 Å². The molecule has 0 N–H and O–H groups in total. The Balaban J connectivity index is 1.97. The van der Waals surface area contributed by atoms with Crippen molar-refractivity contribution in [2.45, 2.75) is 47.6 Å². The maximum absolute atomic E-state index is 12.7. The summed E-state index contributed by atoms with van der Waals surface area (Å²) < 4.78 is 10.8. The number of allylic oxidation sites excluding steroid dienone is 2. The van der Waals surface area contributed by atoms with Crippen LogP contribution < -0.4 is 4.74 Å². The molecule has 0 aliphatic heterocycles. The fraction of sp³-hybridized carbons (Fsp3) is 0.522. The molecular formula is C23H30O5. The van der Waals surface area contributed by atoms with E-state index in [1.165, 1.54) is 0 Å². The quantitative estimate of drug-likeness (QED) is 0.307. The minimum atomic E-state index is -1.17. The van der Waals surface area contributed by atoms with Crippen LogP contribution >= 0.6 is 0 Å². The maximum Gasteiger partial charge on any atom is 0.179 e. The summed E-state index contributed by atoms with van der Waals surface area (Å²) in [6.07, 6.45) is 2.38. The lowest BCUT2D eigenvalue weighted by atomic mass is 9.60. The molecule has 0 radical (unpaired) electrons. The zero-order chi connectivity index (χ0) is 21.1. The summed E-state index contributed by atoms with van der Waals surface area (Å²) in [6, 6.07) is 7.67. The van der Waals surface area contributed by atoms with Gasteiger partial charge in [-0.05, 0) is 57.7 Å². The van der Waals surface area contributed by atoms with Crippen molar-refractivity contribution in [1.82, 2.24) is 0 Å². The number of hydrogen-bond donors (Lipinski definition) is 0. The smallest absolute Gasteiger partial charge is 0.179 e. The van der Waals surface area contributed by atoms with E-state index >= 15 is 0 Å².